The van der Waals surface area contributed by atoms with Crippen molar-refractivity contribution in [3.63, 3.8) is 0 Å². The second-order valence-electron chi connectivity index (χ2n) is 2.80. The van der Waals surface area contributed by atoms with Gasteiger partial charge < -0.3 is 4.74 Å². The lowest BCUT2D eigenvalue weighted by atomic mass is 10.0. The summed E-state index contributed by atoms with van der Waals surface area (Å²) >= 11 is 2.26. The normalized spacial score (nSPS) is 10.4. The van der Waals surface area contributed by atoms with E-state index in [4.69, 9.17) is 4.74 Å². The number of methoxy groups -OCH3 is 1. The van der Waals surface area contributed by atoms with Crippen molar-refractivity contribution in [2.75, 3.05) is 7.11 Å². The van der Waals surface area contributed by atoms with Crippen LogP contribution in [0.3, 0.4) is 0 Å². The third kappa shape index (κ3) is 2.12. The fourth-order valence-electron chi connectivity index (χ4n) is 0.983. The van der Waals surface area contributed by atoms with Gasteiger partial charge in [-0.3, -0.25) is 0 Å². The molecule has 0 spiro atoms. The van der Waals surface area contributed by atoms with Crippen molar-refractivity contribution in [1.29, 1.82) is 0 Å². The number of halogens is 1. The Hall–Kier alpha value is -0.250. The topological polar surface area (TPSA) is 9.23 Å². The Bertz CT molecular complexity index is 269. The van der Waals surface area contributed by atoms with Crippen molar-refractivity contribution in [3.05, 3.63) is 34.3 Å². The molecule has 1 atom stereocenters. The van der Waals surface area contributed by atoms with Gasteiger partial charge in [0.15, 0.2) is 0 Å². The van der Waals surface area contributed by atoms with Crippen LogP contribution in [-0.2, 0) is 0 Å². The highest BCUT2D eigenvalue weighted by atomic mass is 127. The Morgan fingerprint density at radius 2 is 2.17 bits per heavy atom. The van der Waals surface area contributed by atoms with E-state index in [9.17, 15) is 0 Å². The smallest absolute Gasteiger partial charge is 0.132 e. The monoisotopic (exact) mass is 275 g/mol. The summed E-state index contributed by atoms with van der Waals surface area (Å²) in [5.41, 5.74) is 1.22. The first-order valence-electron chi connectivity index (χ1n) is 3.81. The van der Waals surface area contributed by atoms with Crippen LogP contribution in [0, 0.1) is 10.5 Å². The lowest BCUT2D eigenvalue weighted by Gasteiger charge is -2.08. The first-order valence-corrected chi connectivity index (χ1v) is 4.89. The fourth-order valence-corrected chi connectivity index (χ4v) is 1.54. The molecule has 0 bridgehead atoms. The maximum atomic E-state index is 5.20. The minimum atomic E-state index is 0.316. The Morgan fingerprint density at radius 3 is 2.67 bits per heavy atom. The summed E-state index contributed by atoms with van der Waals surface area (Å²) in [7, 11) is 1.69. The molecule has 0 saturated heterocycles. The number of hydrogen-bond acceptors (Lipinski definition) is 1. The maximum Gasteiger partial charge on any atom is 0.132 e. The van der Waals surface area contributed by atoms with Gasteiger partial charge in [0, 0.05) is 0 Å². The molecule has 0 aliphatic carbocycles. The molecule has 12 heavy (non-hydrogen) atoms. The third-order valence-corrected chi connectivity index (χ3v) is 2.64. The SMILES string of the molecule is [CH2]C(C)c1ccc(I)c(OC)c1. The van der Waals surface area contributed by atoms with Crippen LogP contribution >= 0.6 is 22.6 Å². The minimum absolute atomic E-state index is 0.316. The van der Waals surface area contributed by atoms with Gasteiger partial charge in [0.25, 0.3) is 0 Å². The van der Waals surface area contributed by atoms with Crippen LogP contribution in [0.2, 0.25) is 0 Å². The van der Waals surface area contributed by atoms with E-state index in [0.29, 0.717) is 5.92 Å². The molecule has 1 unspecified atom stereocenters. The van der Waals surface area contributed by atoms with Gasteiger partial charge in [-0.15, -0.1) is 0 Å². The predicted molar refractivity (Wildman–Crippen MR) is 59.5 cm³/mol. The molecule has 0 amide bonds. The summed E-state index contributed by atoms with van der Waals surface area (Å²) in [4.78, 5) is 0. The van der Waals surface area contributed by atoms with Crippen LogP contribution in [0.15, 0.2) is 18.2 Å². The lowest BCUT2D eigenvalue weighted by Crippen LogP contribution is -1.91. The van der Waals surface area contributed by atoms with Gasteiger partial charge in [-0.05, 0) is 53.1 Å². The summed E-state index contributed by atoms with van der Waals surface area (Å²) in [5, 5.41) is 0. The molecule has 65 valence electrons. The van der Waals surface area contributed by atoms with Crippen molar-refractivity contribution in [2.24, 2.45) is 0 Å². The Kier molecular flexibility index (Phi) is 3.38. The maximum absolute atomic E-state index is 5.20. The molecular weight excluding hydrogens is 263 g/mol. The zero-order valence-electron chi connectivity index (χ0n) is 7.30. The molecule has 0 aliphatic heterocycles. The highest BCUT2D eigenvalue weighted by Crippen LogP contribution is 2.25. The second kappa shape index (κ2) is 4.12. The average molecular weight is 275 g/mol. The molecule has 0 aromatic heterocycles. The molecular formula is C10H12IO. The van der Waals surface area contributed by atoms with Gasteiger partial charge in [0.1, 0.15) is 5.75 Å². The van der Waals surface area contributed by atoms with E-state index >= 15 is 0 Å². The summed E-state index contributed by atoms with van der Waals surface area (Å²) in [6, 6.07) is 6.18. The van der Waals surface area contributed by atoms with Gasteiger partial charge in [0.2, 0.25) is 0 Å². The number of hydrogen-bond donors (Lipinski definition) is 0. The zero-order valence-corrected chi connectivity index (χ0v) is 9.46. The van der Waals surface area contributed by atoms with E-state index in [2.05, 4.69) is 48.6 Å². The molecule has 1 nitrogen and oxygen atoms in total. The van der Waals surface area contributed by atoms with Crippen molar-refractivity contribution in [1.82, 2.24) is 0 Å². The van der Waals surface area contributed by atoms with Gasteiger partial charge in [-0.2, -0.15) is 0 Å². The Balaban J connectivity index is 3.05. The van der Waals surface area contributed by atoms with Gasteiger partial charge in [0.05, 0.1) is 10.7 Å². The third-order valence-electron chi connectivity index (χ3n) is 1.74. The zero-order chi connectivity index (χ0) is 9.14. The predicted octanol–water partition coefficient (Wildman–Crippen LogP) is 3.24. The van der Waals surface area contributed by atoms with Crippen LogP contribution in [-0.4, -0.2) is 7.11 Å². The number of ether oxygens (including phenoxy) is 1. The Labute approximate surface area is 87.3 Å². The van der Waals surface area contributed by atoms with E-state index in [1.165, 1.54) is 5.56 Å². The molecule has 0 heterocycles. The van der Waals surface area contributed by atoms with Gasteiger partial charge in [-0.25, -0.2) is 0 Å². The number of rotatable bonds is 2. The highest BCUT2D eigenvalue weighted by Gasteiger charge is 2.03. The highest BCUT2D eigenvalue weighted by molar-refractivity contribution is 14.1. The quantitative estimate of drug-likeness (QED) is 0.753. The summed E-state index contributed by atoms with van der Waals surface area (Å²) in [6.07, 6.45) is 0. The first kappa shape index (κ1) is 9.84. The van der Waals surface area contributed by atoms with Crippen LogP contribution < -0.4 is 4.74 Å². The molecule has 0 N–H and O–H groups in total. The van der Waals surface area contributed by atoms with E-state index in [-0.39, 0.29) is 0 Å². The van der Waals surface area contributed by atoms with Crippen LogP contribution in [0.5, 0.6) is 5.75 Å². The standard InChI is InChI=1S/C10H12IO/c1-7(2)8-4-5-9(11)10(6-8)12-3/h4-7H,1H2,2-3H3. The lowest BCUT2D eigenvalue weighted by molar-refractivity contribution is 0.411. The fraction of sp³-hybridized carbons (Fsp3) is 0.300. The molecule has 1 radical (unpaired) electrons. The van der Waals surface area contributed by atoms with Crippen LogP contribution in [0.1, 0.15) is 18.4 Å². The van der Waals surface area contributed by atoms with Crippen molar-refractivity contribution >= 4 is 22.6 Å². The minimum Gasteiger partial charge on any atom is -0.496 e. The Morgan fingerprint density at radius 1 is 1.50 bits per heavy atom. The average Bonchev–Trinajstić information content (AvgIpc) is 2.05. The van der Waals surface area contributed by atoms with E-state index in [1.807, 2.05) is 6.07 Å². The molecule has 1 aromatic carbocycles. The van der Waals surface area contributed by atoms with E-state index in [0.717, 1.165) is 9.32 Å². The molecule has 2 heteroatoms. The van der Waals surface area contributed by atoms with Gasteiger partial charge in [-0.1, -0.05) is 13.0 Å². The second-order valence-corrected chi connectivity index (χ2v) is 3.96. The summed E-state index contributed by atoms with van der Waals surface area (Å²) in [6.45, 7) is 6.03. The molecule has 0 fully saturated rings. The largest absolute Gasteiger partial charge is 0.496 e. The van der Waals surface area contributed by atoms with E-state index in [1.54, 1.807) is 7.11 Å². The summed E-state index contributed by atoms with van der Waals surface area (Å²) in [5.74, 6) is 1.25. The molecule has 0 aliphatic rings. The van der Waals surface area contributed by atoms with Crippen molar-refractivity contribution in [3.8, 4) is 5.75 Å². The van der Waals surface area contributed by atoms with Crippen LogP contribution in [0.25, 0.3) is 0 Å². The van der Waals surface area contributed by atoms with Crippen LogP contribution in [0.4, 0.5) is 0 Å². The van der Waals surface area contributed by atoms with Crippen molar-refractivity contribution in [2.45, 2.75) is 12.8 Å². The number of benzene rings is 1. The van der Waals surface area contributed by atoms with E-state index < -0.39 is 0 Å². The van der Waals surface area contributed by atoms with Crippen molar-refractivity contribution < 1.29 is 4.74 Å². The van der Waals surface area contributed by atoms with Gasteiger partial charge >= 0.3 is 0 Å². The first-order chi connectivity index (χ1) is 5.65. The molecule has 1 rings (SSSR count). The summed E-state index contributed by atoms with van der Waals surface area (Å²) < 4.78 is 6.34. The molecule has 0 saturated carbocycles. The molecule has 1 aromatic rings.